The van der Waals surface area contributed by atoms with E-state index in [-0.39, 0.29) is 0 Å². The lowest BCUT2D eigenvalue weighted by Crippen LogP contribution is -2.43. The quantitative estimate of drug-likeness (QED) is 0.782. The molecule has 0 aliphatic carbocycles. The van der Waals surface area contributed by atoms with Gasteiger partial charge in [-0.3, -0.25) is 4.90 Å². The summed E-state index contributed by atoms with van der Waals surface area (Å²) in [5, 5.41) is 0.585. The molecule has 0 aromatic carbocycles. The minimum Gasteiger partial charge on any atom is -0.303 e. The molecule has 0 saturated carbocycles. The van der Waals surface area contributed by atoms with Gasteiger partial charge in [-0.25, -0.2) is 4.98 Å². The van der Waals surface area contributed by atoms with Gasteiger partial charge in [0, 0.05) is 12.6 Å². The third kappa shape index (κ3) is 3.67. The molecule has 1 aromatic heterocycles. The number of hydrogen-bond donors (Lipinski definition) is 0. The van der Waals surface area contributed by atoms with Gasteiger partial charge in [0.05, 0.1) is 5.69 Å². The summed E-state index contributed by atoms with van der Waals surface area (Å²) in [6.45, 7) is 6.73. The van der Waals surface area contributed by atoms with Crippen LogP contribution in [0.1, 0.15) is 25.5 Å². The first-order valence-electron chi connectivity index (χ1n) is 6.73. The largest absolute Gasteiger partial charge is 0.303 e. The first-order valence-corrected chi connectivity index (χ1v) is 7.11. The highest BCUT2D eigenvalue weighted by molar-refractivity contribution is 6.29. The molecule has 1 aliphatic heterocycles. The van der Waals surface area contributed by atoms with Crippen LogP contribution in [0.5, 0.6) is 0 Å². The highest BCUT2D eigenvalue weighted by Gasteiger charge is 2.21. The van der Waals surface area contributed by atoms with Crippen LogP contribution in [0.3, 0.4) is 0 Å². The van der Waals surface area contributed by atoms with Crippen LogP contribution in [0.25, 0.3) is 0 Å². The Morgan fingerprint density at radius 1 is 1.39 bits per heavy atom. The molecule has 1 saturated heterocycles. The van der Waals surface area contributed by atoms with Crippen molar-refractivity contribution >= 4 is 11.6 Å². The van der Waals surface area contributed by atoms with Crippen LogP contribution in [0.15, 0.2) is 18.2 Å². The highest BCUT2D eigenvalue weighted by atomic mass is 35.5. The minimum atomic E-state index is 0.585. The van der Waals surface area contributed by atoms with Crippen molar-refractivity contribution in [3.05, 3.63) is 29.0 Å². The normalized spacial score (nSPS) is 18.4. The summed E-state index contributed by atoms with van der Waals surface area (Å²) in [7, 11) is 2.19. The number of nitrogens with zero attached hydrogens (tertiary/aromatic N) is 3. The monoisotopic (exact) mass is 267 g/mol. The molecule has 0 N–H and O–H groups in total. The Labute approximate surface area is 115 Å². The molecular formula is C14H22ClN3. The van der Waals surface area contributed by atoms with E-state index in [1.807, 2.05) is 18.2 Å². The Morgan fingerprint density at radius 3 is 2.72 bits per heavy atom. The Balaban J connectivity index is 1.87. The first kappa shape index (κ1) is 13.8. The maximum absolute atomic E-state index is 5.92. The SMILES string of the molecule is CCN1CCC(N(C)Cc2cccc(Cl)n2)CC1. The lowest BCUT2D eigenvalue weighted by atomic mass is 10.0. The third-order valence-electron chi connectivity index (χ3n) is 3.81. The average molecular weight is 268 g/mol. The van der Waals surface area contributed by atoms with E-state index in [9.17, 15) is 0 Å². The van der Waals surface area contributed by atoms with Crippen molar-refractivity contribution in [2.75, 3.05) is 26.7 Å². The van der Waals surface area contributed by atoms with Crippen molar-refractivity contribution in [3.8, 4) is 0 Å². The van der Waals surface area contributed by atoms with Crippen LogP contribution in [-0.2, 0) is 6.54 Å². The molecule has 0 radical (unpaired) electrons. The molecule has 0 amide bonds. The Hall–Kier alpha value is -0.640. The van der Waals surface area contributed by atoms with Crippen LogP contribution in [0, 0.1) is 0 Å². The summed E-state index contributed by atoms with van der Waals surface area (Å²) in [5.74, 6) is 0. The fraction of sp³-hybridized carbons (Fsp3) is 0.643. The van der Waals surface area contributed by atoms with Gasteiger partial charge in [-0.05, 0) is 51.7 Å². The van der Waals surface area contributed by atoms with Gasteiger partial charge in [0.25, 0.3) is 0 Å². The second-order valence-electron chi connectivity index (χ2n) is 5.03. The van der Waals surface area contributed by atoms with E-state index in [1.165, 1.54) is 32.5 Å². The Kier molecular flexibility index (Phi) is 4.98. The van der Waals surface area contributed by atoms with Crippen molar-refractivity contribution in [2.24, 2.45) is 0 Å². The van der Waals surface area contributed by atoms with Gasteiger partial charge in [0.15, 0.2) is 0 Å². The molecule has 0 unspecified atom stereocenters. The van der Waals surface area contributed by atoms with Crippen molar-refractivity contribution < 1.29 is 0 Å². The average Bonchev–Trinajstić information content (AvgIpc) is 2.39. The Morgan fingerprint density at radius 2 is 2.11 bits per heavy atom. The molecule has 18 heavy (non-hydrogen) atoms. The number of rotatable bonds is 4. The maximum atomic E-state index is 5.92. The van der Waals surface area contributed by atoms with Gasteiger partial charge in [-0.1, -0.05) is 24.6 Å². The van der Waals surface area contributed by atoms with Gasteiger partial charge < -0.3 is 4.90 Å². The van der Waals surface area contributed by atoms with Crippen LogP contribution in [-0.4, -0.2) is 47.5 Å². The summed E-state index contributed by atoms with van der Waals surface area (Å²) in [6.07, 6.45) is 2.51. The number of hydrogen-bond acceptors (Lipinski definition) is 3. The standard InChI is InChI=1S/C14H22ClN3/c1-3-18-9-7-13(8-10-18)17(2)11-12-5-4-6-14(15)16-12/h4-6,13H,3,7-11H2,1-2H3. The minimum absolute atomic E-state index is 0.585. The molecule has 0 atom stereocenters. The summed E-state index contributed by atoms with van der Waals surface area (Å²) >= 11 is 5.92. The topological polar surface area (TPSA) is 19.4 Å². The molecule has 2 heterocycles. The second-order valence-corrected chi connectivity index (χ2v) is 5.42. The van der Waals surface area contributed by atoms with Crippen LogP contribution < -0.4 is 0 Å². The van der Waals surface area contributed by atoms with Gasteiger partial charge in [-0.2, -0.15) is 0 Å². The number of piperidine rings is 1. The molecule has 1 fully saturated rings. The van der Waals surface area contributed by atoms with Gasteiger partial charge in [-0.15, -0.1) is 0 Å². The van der Waals surface area contributed by atoms with Crippen LogP contribution >= 0.6 is 11.6 Å². The molecule has 2 rings (SSSR count). The Bertz CT molecular complexity index is 375. The fourth-order valence-electron chi connectivity index (χ4n) is 2.60. The molecule has 0 spiro atoms. The summed E-state index contributed by atoms with van der Waals surface area (Å²) in [6, 6.07) is 6.51. The van der Waals surface area contributed by atoms with E-state index >= 15 is 0 Å². The molecule has 4 heteroatoms. The summed E-state index contributed by atoms with van der Waals surface area (Å²) in [5.41, 5.74) is 1.06. The van der Waals surface area contributed by atoms with Gasteiger partial charge >= 0.3 is 0 Å². The molecule has 100 valence electrons. The zero-order valence-corrected chi connectivity index (χ0v) is 12.0. The molecule has 3 nitrogen and oxygen atoms in total. The maximum Gasteiger partial charge on any atom is 0.129 e. The van der Waals surface area contributed by atoms with Crippen LogP contribution in [0.4, 0.5) is 0 Å². The number of pyridine rings is 1. The number of aromatic nitrogens is 1. The predicted molar refractivity (Wildman–Crippen MR) is 75.9 cm³/mol. The van der Waals surface area contributed by atoms with E-state index < -0.39 is 0 Å². The van der Waals surface area contributed by atoms with Gasteiger partial charge in [0.1, 0.15) is 5.15 Å². The van der Waals surface area contributed by atoms with Gasteiger partial charge in [0.2, 0.25) is 0 Å². The van der Waals surface area contributed by atoms with E-state index in [0.29, 0.717) is 11.2 Å². The van der Waals surface area contributed by atoms with Crippen LogP contribution in [0.2, 0.25) is 5.15 Å². The van der Waals surface area contributed by atoms with Crippen molar-refractivity contribution in [1.82, 2.24) is 14.8 Å². The molecule has 0 bridgehead atoms. The van der Waals surface area contributed by atoms with E-state index in [0.717, 1.165) is 12.2 Å². The van der Waals surface area contributed by atoms with E-state index in [2.05, 4.69) is 28.8 Å². The lowest BCUT2D eigenvalue weighted by Gasteiger charge is -2.36. The van der Waals surface area contributed by atoms with Crippen molar-refractivity contribution in [3.63, 3.8) is 0 Å². The third-order valence-corrected chi connectivity index (χ3v) is 4.02. The molecule has 1 aliphatic rings. The molecule has 1 aromatic rings. The zero-order valence-electron chi connectivity index (χ0n) is 11.3. The fourth-order valence-corrected chi connectivity index (χ4v) is 2.78. The number of likely N-dealkylation sites (tertiary alicyclic amines) is 1. The number of halogens is 1. The zero-order chi connectivity index (χ0) is 13.0. The summed E-state index contributed by atoms with van der Waals surface area (Å²) < 4.78 is 0. The summed E-state index contributed by atoms with van der Waals surface area (Å²) in [4.78, 5) is 9.28. The molecular weight excluding hydrogens is 246 g/mol. The predicted octanol–water partition coefficient (Wildman–Crippen LogP) is 2.65. The van der Waals surface area contributed by atoms with E-state index in [4.69, 9.17) is 11.6 Å². The smallest absolute Gasteiger partial charge is 0.129 e. The lowest BCUT2D eigenvalue weighted by molar-refractivity contribution is 0.126. The van der Waals surface area contributed by atoms with E-state index in [1.54, 1.807) is 0 Å². The van der Waals surface area contributed by atoms with Crippen molar-refractivity contribution in [1.29, 1.82) is 0 Å². The second kappa shape index (κ2) is 6.50. The first-order chi connectivity index (χ1) is 8.69. The highest BCUT2D eigenvalue weighted by Crippen LogP contribution is 2.17. The van der Waals surface area contributed by atoms with Crippen molar-refractivity contribution in [2.45, 2.75) is 32.4 Å².